The molecule has 1 N–H and O–H groups in total. The second-order valence-corrected chi connectivity index (χ2v) is 2.41. The summed E-state index contributed by atoms with van der Waals surface area (Å²) in [6.07, 6.45) is 0. The van der Waals surface area contributed by atoms with Crippen molar-refractivity contribution in [2.24, 2.45) is 0 Å². The standard InChI is InChI=1S/C5H10NOS/c1-4(8)3-6-5(2)7/h8H,3H2,1-2H3,(H,6,7). The quantitative estimate of drug-likeness (QED) is 0.529. The van der Waals surface area contributed by atoms with E-state index in [1.165, 1.54) is 6.92 Å². The molecule has 0 aromatic rings. The lowest BCUT2D eigenvalue weighted by molar-refractivity contribution is -0.118. The van der Waals surface area contributed by atoms with Crippen molar-refractivity contribution in [2.75, 3.05) is 6.54 Å². The molecule has 0 aliphatic carbocycles. The minimum Gasteiger partial charge on any atom is -0.355 e. The molecule has 1 amide bonds. The van der Waals surface area contributed by atoms with E-state index in [-0.39, 0.29) is 5.91 Å². The van der Waals surface area contributed by atoms with Crippen LogP contribution >= 0.6 is 12.6 Å². The number of carbonyl (C=O) groups is 1. The van der Waals surface area contributed by atoms with Crippen LogP contribution in [0, 0.1) is 5.25 Å². The van der Waals surface area contributed by atoms with Gasteiger partial charge in [-0.25, -0.2) is 0 Å². The molecule has 0 saturated heterocycles. The molecule has 0 rings (SSSR count). The van der Waals surface area contributed by atoms with Gasteiger partial charge in [0, 0.05) is 18.7 Å². The highest BCUT2D eigenvalue weighted by Crippen LogP contribution is 1.98. The fourth-order valence-corrected chi connectivity index (χ4v) is 0.331. The molecule has 0 heterocycles. The van der Waals surface area contributed by atoms with Crippen molar-refractivity contribution in [1.82, 2.24) is 5.32 Å². The van der Waals surface area contributed by atoms with Gasteiger partial charge in [-0.15, -0.1) is 0 Å². The third kappa shape index (κ3) is 5.82. The molecule has 0 unspecified atom stereocenters. The van der Waals surface area contributed by atoms with Gasteiger partial charge in [0.15, 0.2) is 0 Å². The zero-order valence-corrected chi connectivity index (χ0v) is 5.96. The molecule has 0 fully saturated rings. The van der Waals surface area contributed by atoms with Crippen LogP contribution in [0.2, 0.25) is 0 Å². The number of rotatable bonds is 2. The largest absolute Gasteiger partial charge is 0.355 e. The second kappa shape index (κ2) is 3.78. The van der Waals surface area contributed by atoms with Gasteiger partial charge in [-0.05, 0) is 6.92 Å². The Balaban J connectivity index is 3.05. The van der Waals surface area contributed by atoms with Gasteiger partial charge in [0.2, 0.25) is 5.91 Å². The van der Waals surface area contributed by atoms with E-state index in [0.29, 0.717) is 6.54 Å². The second-order valence-electron chi connectivity index (χ2n) is 1.65. The maximum absolute atomic E-state index is 10.2. The first-order valence-corrected chi connectivity index (χ1v) is 2.83. The molecule has 1 radical (unpaired) electrons. The maximum atomic E-state index is 10.2. The van der Waals surface area contributed by atoms with E-state index >= 15 is 0 Å². The summed E-state index contributed by atoms with van der Waals surface area (Å²) < 4.78 is 0. The summed E-state index contributed by atoms with van der Waals surface area (Å²) in [5.74, 6) is -0.0154. The third-order valence-electron chi connectivity index (χ3n) is 0.593. The monoisotopic (exact) mass is 132 g/mol. The Labute approximate surface area is 55.1 Å². The van der Waals surface area contributed by atoms with Crippen LogP contribution in [0.1, 0.15) is 13.8 Å². The molecule has 0 aliphatic heterocycles. The van der Waals surface area contributed by atoms with Crippen molar-refractivity contribution >= 4 is 18.5 Å². The number of amides is 1. The predicted molar refractivity (Wildman–Crippen MR) is 36.6 cm³/mol. The van der Waals surface area contributed by atoms with Gasteiger partial charge >= 0.3 is 0 Å². The lowest BCUT2D eigenvalue weighted by atomic mass is 10.4. The number of thiol groups is 1. The van der Waals surface area contributed by atoms with Crippen LogP contribution in [0.4, 0.5) is 0 Å². The molecule has 47 valence electrons. The van der Waals surface area contributed by atoms with Gasteiger partial charge in [-0.1, -0.05) is 0 Å². The van der Waals surface area contributed by atoms with Gasteiger partial charge < -0.3 is 5.32 Å². The molecule has 0 aromatic carbocycles. The molecule has 0 aromatic heterocycles. The van der Waals surface area contributed by atoms with Crippen molar-refractivity contribution in [1.29, 1.82) is 0 Å². The van der Waals surface area contributed by atoms with E-state index in [2.05, 4.69) is 17.9 Å². The smallest absolute Gasteiger partial charge is 0.216 e. The first kappa shape index (κ1) is 7.82. The van der Waals surface area contributed by atoms with Crippen molar-refractivity contribution in [3.63, 3.8) is 0 Å². The van der Waals surface area contributed by atoms with Gasteiger partial charge in [0.25, 0.3) is 0 Å². The van der Waals surface area contributed by atoms with Crippen LogP contribution < -0.4 is 5.32 Å². The zero-order valence-electron chi connectivity index (χ0n) is 5.06. The van der Waals surface area contributed by atoms with Gasteiger partial charge in [0.05, 0.1) is 0 Å². The van der Waals surface area contributed by atoms with E-state index in [0.717, 1.165) is 5.25 Å². The van der Waals surface area contributed by atoms with Crippen molar-refractivity contribution in [3.05, 3.63) is 5.25 Å². The maximum Gasteiger partial charge on any atom is 0.216 e. The highest BCUT2D eigenvalue weighted by Gasteiger charge is 1.94. The average molecular weight is 132 g/mol. The van der Waals surface area contributed by atoms with Crippen LogP contribution in [0.3, 0.4) is 0 Å². The van der Waals surface area contributed by atoms with E-state index in [4.69, 9.17) is 0 Å². The Morgan fingerprint density at radius 2 is 2.12 bits per heavy atom. The summed E-state index contributed by atoms with van der Waals surface area (Å²) in [7, 11) is 0. The average Bonchev–Trinajstić information content (AvgIpc) is 1.61. The van der Waals surface area contributed by atoms with Crippen molar-refractivity contribution < 1.29 is 4.79 Å². The first-order valence-electron chi connectivity index (χ1n) is 2.38. The number of nitrogens with one attached hydrogen (secondary N) is 1. The normalized spacial score (nSPS) is 9.50. The summed E-state index contributed by atoms with van der Waals surface area (Å²) in [5, 5.41) is 3.51. The van der Waals surface area contributed by atoms with Crippen LogP contribution in [0.15, 0.2) is 0 Å². The van der Waals surface area contributed by atoms with E-state index < -0.39 is 0 Å². The Morgan fingerprint density at radius 3 is 2.25 bits per heavy atom. The minimum atomic E-state index is -0.0154. The molecule has 0 aliphatic rings. The topological polar surface area (TPSA) is 29.1 Å². The fourth-order valence-electron chi connectivity index (χ4n) is 0.252. The van der Waals surface area contributed by atoms with E-state index in [1.807, 2.05) is 6.92 Å². The summed E-state index contributed by atoms with van der Waals surface area (Å²) in [5.41, 5.74) is 0. The van der Waals surface area contributed by atoms with E-state index in [1.54, 1.807) is 0 Å². The van der Waals surface area contributed by atoms with Gasteiger partial charge in [0.1, 0.15) is 0 Å². The molecule has 3 heteroatoms. The molecular weight excluding hydrogens is 122 g/mol. The van der Waals surface area contributed by atoms with Crippen molar-refractivity contribution in [3.8, 4) is 0 Å². The Kier molecular flexibility index (Phi) is 3.69. The molecule has 0 saturated carbocycles. The summed E-state index contributed by atoms with van der Waals surface area (Å²) in [6.45, 7) is 3.90. The zero-order chi connectivity index (χ0) is 6.57. The summed E-state index contributed by atoms with van der Waals surface area (Å²) >= 11 is 3.97. The Morgan fingerprint density at radius 1 is 1.62 bits per heavy atom. The molecule has 0 atom stereocenters. The van der Waals surface area contributed by atoms with E-state index in [9.17, 15) is 4.79 Å². The molecule has 0 bridgehead atoms. The van der Waals surface area contributed by atoms with Crippen LogP contribution in [0.5, 0.6) is 0 Å². The third-order valence-corrected chi connectivity index (χ3v) is 0.751. The minimum absolute atomic E-state index is 0.0154. The first-order chi connectivity index (χ1) is 3.63. The van der Waals surface area contributed by atoms with Crippen LogP contribution in [-0.2, 0) is 4.79 Å². The van der Waals surface area contributed by atoms with Gasteiger partial charge in [-0.3, -0.25) is 4.79 Å². The van der Waals surface area contributed by atoms with Crippen LogP contribution in [-0.4, -0.2) is 12.5 Å². The molecular formula is C5H10NOS. The summed E-state index contributed by atoms with van der Waals surface area (Å²) in [4.78, 5) is 10.2. The number of hydrogen-bond donors (Lipinski definition) is 2. The lowest BCUT2D eigenvalue weighted by Gasteiger charge is -2.01. The highest BCUT2D eigenvalue weighted by molar-refractivity contribution is 7.83. The fraction of sp³-hybridized carbons (Fsp3) is 0.600. The lowest BCUT2D eigenvalue weighted by Crippen LogP contribution is -2.22. The number of carbonyl (C=O) groups excluding carboxylic acids is 1. The van der Waals surface area contributed by atoms with Crippen molar-refractivity contribution in [2.45, 2.75) is 13.8 Å². The summed E-state index contributed by atoms with van der Waals surface area (Å²) in [6, 6.07) is 0. The highest BCUT2D eigenvalue weighted by atomic mass is 32.1. The van der Waals surface area contributed by atoms with Crippen LogP contribution in [0.25, 0.3) is 0 Å². The molecule has 2 nitrogen and oxygen atoms in total. The molecule has 0 spiro atoms. The van der Waals surface area contributed by atoms with Gasteiger partial charge in [-0.2, -0.15) is 12.6 Å². The molecule has 8 heavy (non-hydrogen) atoms. The SMILES string of the molecule is C[C](S)CNC(C)=O. The number of hydrogen-bond acceptors (Lipinski definition) is 2. The Hall–Kier alpha value is -0.180. The predicted octanol–water partition coefficient (Wildman–Crippen LogP) is 0.604. The Bertz CT molecular complexity index is 82.5.